The molecule has 3 rings (SSSR count). The minimum atomic E-state index is 0.697. The zero-order valence-electron chi connectivity index (χ0n) is 12.7. The molecule has 1 heteroatoms. The van der Waals surface area contributed by atoms with Crippen LogP contribution in [0.4, 0.5) is 0 Å². The Labute approximate surface area is 135 Å². The minimum absolute atomic E-state index is 0.697. The summed E-state index contributed by atoms with van der Waals surface area (Å²) < 4.78 is 0. The summed E-state index contributed by atoms with van der Waals surface area (Å²) in [6.07, 6.45) is 2.23. The van der Waals surface area contributed by atoms with Crippen molar-refractivity contribution in [3.63, 3.8) is 0 Å². The Morgan fingerprint density at radius 3 is 1.82 bits per heavy atom. The zero-order chi connectivity index (χ0) is 15.2. The largest absolute Gasteiger partial charge is 0.121 e. The van der Waals surface area contributed by atoms with Crippen molar-refractivity contribution in [1.82, 2.24) is 0 Å². The van der Waals surface area contributed by atoms with Gasteiger partial charge in [-0.25, -0.2) is 0 Å². The maximum atomic E-state index is 2.23. The highest BCUT2D eigenvalue weighted by atomic mass is 28.2. The fourth-order valence-corrected chi connectivity index (χ4v) is 3.59. The normalized spacial score (nSPS) is 11.4. The van der Waals surface area contributed by atoms with Crippen LogP contribution in [0.25, 0.3) is 16.3 Å². The monoisotopic (exact) mass is 298 g/mol. The molecule has 22 heavy (non-hydrogen) atoms. The number of benzene rings is 3. The molecule has 0 bridgehead atoms. The predicted molar refractivity (Wildman–Crippen MR) is 97.4 cm³/mol. The summed E-state index contributed by atoms with van der Waals surface area (Å²) in [6.45, 7) is 2.12. The van der Waals surface area contributed by atoms with Gasteiger partial charge >= 0.3 is 0 Å². The molecule has 0 aliphatic rings. The summed E-state index contributed by atoms with van der Waals surface area (Å²) in [4.78, 5) is 0. The van der Waals surface area contributed by atoms with Crippen LogP contribution in [0, 0.1) is 0 Å². The van der Waals surface area contributed by atoms with Crippen molar-refractivity contribution < 1.29 is 0 Å². The van der Waals surface area contributed by atoms with Crippen molar-refractivity contribution in [2.24, 2.45) is 0 Å². The van der Waals surface area contributed by atoms with E-state index in [1.165, 1.54) is 27.1 Å². The van der Waals surface area contributed by atoms with E-state index in [2.05, 4.69) is 97.9 Å². The number of hydrogen-bond donors (Lipinski definition) is 0. The summed E-state index contributed by atoms with van der Waals surface area (Å²) in [6, 6.07) is 30.1. The van der Waals surface area contributed by atoms with Crippen LogP contribution in [-0.4, -0.2) is 9.52 Å². The molecule has 0 unspecified atom stereocenters. The van der Waals surface area contributed by atoms with Crippen LogP contribution in [0.5, 0.6) is 0 Å². The standard InChI is InChI=1S/C21H18Si/c1-2-21(22-20-11-7-4-8-12-20)19-15-13-18(14-16-19)17-9-5-3-6-10-17/h2-16H,1H3/b21-2+. The molecule has 3 aromatic rings. The first-order chi connectivity index (χ1) is 10.9. The lowest BCUT2D eigenvalue weighted by Crippen LogP contribution is -2.15. The average molecular weight is 298 g/mol. The third-order valence-electron chi connectivity index (χ3n) is 3.64. The van der Waals surface area contributed by atoms with Gasteiger partial charge in [-0.05, 0) is 23.6 Å². The van der Waals surface area contributed by atoms with Gasteiger partial charge in [0.1, 0.15) is 9.52 Å². The highest BCUT2D eigenvalue weighted by Crippen LogP contribution is 2.22. The first-order valence-electron chi connectivity index (χ1n) is 7.51. The summed E-state index contributed by atoms with van der Waals surface area (Å²) >= 11 is 0. The number of allylic oxidation sites excluding steroid dienone is 1. The second-order valence-corrected chi connectivity index (χ2v) is 6.50. The Balaban J connectivity index is 1.82. The fraction of sp³-hybridized carbons (Fsp3) is 0.0476. The lowest BCUT2D eigenvalue weighted by Gasteiger charge is -2.08. The second kappa shape index (κ2) is 7.06. The van der Waals surface area contributed by atoms with Crippen LogP contribution in [0.3, 0.4) is 0 Å². The molecular formula is C21H18Si. The van der Waals surface area contributed by atoms with E-state index in [1.807, 2.05) is 0 Å². The van der Waals surface area contributed by atoms with Crippen molar-refractivity contribution in [3.05, 3.63) is 96.6 Å². The summed E-state index contributed by atoms with van der Waals surface area (Å²) in [7, 11) is 0.697. The lowest BCUT2D eigenvalue weighted by atomic mass is 10.0. The van der Waals surface area contributed by atoms with E-state index in [1.54, 1.807) is 0 Å². The van der Waals surface area contributed by atoms with Crippen LogP contribution < -0.4 is 5.19 Å². The van der Waals surface area contributed by atoms with Gasteiger partial charge in [0.2, 0.25) is 0 Å². The van der Waals surface area contributed by atoms with E-state index >= 15 is 0 Å². The molecule has 0 aliphatic heterocycles. The van der Waals surface area contributed by atoms with Crippen molar-refractivity contribution in [3.8, 4) is 11.1 Å². The molecule has 0 spiro atoms. The first-order valence-corrected chi connectivity index (χ1v) is 8.51. The molecular weight excluding hydrogens is 280 g/mol. The van der Waals surface area contributed by atoms with Crippen LogP contribution >= 0.6 is 0 Å². The summed E-state index contributed by atoms with van der Waals surface area (Å²) in [5.74, 6) is 0. The van der Waals surface area contributed by atoms with E-state index in [4.69, 9.17) is 0 Å². The second-order valence-electron chi connectivity index (χ2n) is 5.14. The SMILES string of the molecule is C/C=C(/[Si]c1ccccc1)c1ccc(-c2ccccc2)cc1. The molecule has 3 aromatic carbocycles. The highest BCUT2D eigenvalue weighted by Gasteiger charge is 2.04. The van der Waals surface area contributed by atoms with Gasteiger partial charge in [-0.15, -0.1) is 0 Å². The van der Waals surface area contributed by atoms with Gasteiger partial charge in [-0.3, -0.25) is 0 Å². The lowest BCUT2D eigenvalue weighted by molar-refractivity contribution is 1.58. The van der Waals surface area contributed by atoms with Crippen LogP contribution in [-0.2, 0) is 0 Å². The molecule has 0 N–H and O–H groups in total. The van der Waals surface area contributed by atoms with Crippen molar-refractivity contribution in [2.45, 2.75) is 6.92 Å². The highest BCUT2D eigenvalue weighted by molar-refractivity contribution is 6.73. The van der Waals surface area contributed by atoms with Crippen LogP contribution in [0.1, 0.15) is 12.5 Å². The zero-order valence-corrected chi connectivity index (χ0v) is 13.7. The van der Waals surface area contributed by atoms with Gasteiger partial charge in [-0.2, -0.15) is 0 Å². The number of rotatable bonds is 4. The summed E-state index contributed by atoms with van der Waals surface area (Å²) in [5.41, 5.74) is 3.84. The molecule has 0 aromatic heterocycles. The van der Waals surface area contributed by atoms with Crippen molar-refractivity contribution in [1.29, 1.82) is 0 Å². The van der Waals surface area contributed by atoms with Gasteiger partial charge in [0.15, 0.2) is 0 Å². The Morgan fingerprint density at radius 2 is 1.23 bits per heavy atom. The Bertz CT molecular complexity index is 741. The van der Waals surface area contributed by atoms with Gasteiger partial charge in [0.05, 0.1) is 0 Å². The van der Waals surface area contributed by atoms with Crippen molar-refractivity contribution >= 4 is 19.9 Å². The molecule has 0 fully saturated rings. The van der Waals surface area contributed by atoms with Gasteiger partial charge in [0.25, 0.3) is 0 Å². The molecule has 0 saturated heterocycles. The number of hydrogen-bond acceptors (Lipinski definition) is 0. The Morgan fingerprint density at radius 1 is 0.682 bits per heavy atom. The molecule has 2 radical (unpaired) electrons. The maximum Gasteiger partial charge on any atom is 0.121 e. The van der Waals surface area contributed by atoms with E-state index in [0.717, 1.165) is 0 Å². The smallest absolute Gasteiger partial charge is 0.0879 e. The topological polar surface area (TPSA) is 0 Å². The van der Waals surface area contributed by atoms with Gasteiger partial charge in [-0.1, -0.05) is 101 Å². The third kappa shape index (κ3) is 3.44. The molecule has 0 aliphatic carbocycles. The Hall–Kier alpha value is -2.38. The van der Waals surface area contributed by atoms with Gasteiger partial charge in [0, 0.05) is 0 Å². The van der Waals surface area contributed by atoms with E-state index in [9.17, 15) is 0 Å². The third-order valence-corrected chi connectivity index (χ3v) is 5.11. The predicted octanol–water partition coefficient (Wildman–Crippen LogP) is 4.74. The summed E-state index contributed by atoms with van der Waals surface area (Å²) in [5, 5.41) is 2.77. The average Bonchev–Trinajstić information content (AvgIpc) is 2.61. The maximum absolute atomic E-state index is 2.23. The first kappa shape index (κ1) is 14.5. The fourth-order valence-electron chi connectivity index (χ4n) is 2.46. The van der Waals surface area contributed by atoms with Crippen molar-refractivity contribution in [2.75, 3.05) is 0 Å². The molecule has 0 saturated carbocycles. The molecule has 106 valence electrons. The van der Waals surface area contributed by atoms with E-state index in [-0.39, 0.29) is 0 Å². The minimum Gasteiger partial charge on any atom is -0.0879 e. The van der Waals surface area contributed by atoms with Crippen LogP contribution in [0.15, 0.2) is 91.0 Å². The molecule has 0 nitrogen and oxygen atoms in total. The Kier molecular flexibility index (Phi) is 4.67. The molecule has 0 heterocycles. The van der Waals surface area contributed by atoms with Crippen LogP contribution in [0.2, 0.25) is 0 Å². The van der Waals surface area contributed by atoms with Gasteiger partial charge < -0.3 is 0 Å². The molecule has 0 amide bonds. The molecule has 0 atom stereocenters. The quantitative estimate of drug-likeness (QED) is 0.610. The van der Waals surface area contributed by atoms with E-state index < -0.39 is 0 Å². The van der Waals surface area contributed by atoms with E-state index in [0.29, 0.717) is 9.52 Å².